The third-order valence-electron chi connectivity index (χ3n) is 3.74. The Morgan fingerprint density at radius 3 is 2.81 bits per heavy atom. The van der Waals surface area contributed by atoms with Gasteiger partial charge in [0.2, 0.25) is 0 Å². The van der Waals surface area contributed by atoms with E-state index in [4.69, 9.17) is 5.11 Å². The zero-order valence-corrected chi connectivity index (χ0v) is 11.4. The number of aliphatic hydroxyl groups excluding tert-OH is 1. The first-order valence-corrected chi connectivity index (χ1v) is 6.64. The van der Waals surface area contributed by atoms with Crippen LogP contribution >= 0.6 is 0 Å². The van der Waals surface area contributed by atoms with Crippen molar-refractivity contribution in [1.82, 2.24) is 14.3 Å². The number of aryl methyl sites for hydroxylation is 1. The van der Waals surface area contributed by atoms with Gasteiger partial charge in [-0.15, -0.1) is 0 Å². The highest BCUT2D eigenvalue weighted by atomic mass is 16.4. The van der Waals surface area contributed by atoms with Gasteiger partial charge in [-0.1, -0.05) is 6.07 Å². The predicted octanol–water partition coefficient (Wildman–Crippen LogP) is 0.303. The van der Waals surface area contributed by atoms with Crippen LogP contribution in [-0.2, 0) is 4.79 Å². The number of imidazole rings is 1. The van der Waals surface area contributed by atoms with Crippen molar-refractivity contribution in [3.8, 4) is 0 Å². The minimum absolute atomic E-state index is 0.0165. The molecule has 1 aliphatic rings. The van der Waals surface area contributed by atoms with Gasteiger partial charge < -0.3 is 19.5 Å². The number of hydrogen-bond donors (Lipinski definition) is 2. The molecule has 2 aromatic heterocycles. The van der Waals surface area contributed by atoms with Crippen LogP contribution in [0.1, 0.15) is 22.6 Å². The molecule has 0 aliphatic carbocycles. The molecule has 7 heteroatoms. The molecule has 3 heterocycles. The van der Waals surface area contributed by atoms with Crippen molar-refractivity contribution in [1.29, 1.82) is 0 Å². The number of rotatable bonds is 2. The van der Waals surface area contributed by atoms with Crippen molar-refractivity contribution in [3.05, 3.63) is 35.8 Å². The molecule has 2 N–H and O–H groups in total. The maximum atomic E-state index is 12.5. The van der Waals surface area contributed by atoms with E-state index >= 15 is 0 Å². The van der Waals surface area contributed by atoms with E-state index in [1.807, 2.05) is 19.1 Å². The quantitative estimate of drug-likeness (QED) is 0.829. The molecule has 7 nitrogen and oxygen atoms in total. The van der Waals surface area contributed by atoms with Gasteiger partial charge in [0, 0.05) is 24.9 Å². The highest BCUT2D eigenvalue weighted by Crippen LogP contribution is 2.21. The summed E-state index contributed by atoms with van der Waals surface area (Å²) in [4.78, 5) is 29.1. The van der Waals surface area contributed by atoms with Crippen molar-refractivity contribution in [3.63, 3.8) is 0 Å². The number of β-amino-alcohol motifs (C(OH)–C–C–N with tert-alkyl or cyclic N) is 1. The Labute approximate surface area is 120 Å². The van der Waals surface area contributed by atoms with Crippen LogP contribution in [0.25, 0.3) is 5.65 Å². The fraction of sp³-hybridized carbons (Fsp3) is 0.357. The van der Waals surface area contributed by atoms with E-state index in [1.165, 1.54) is 4.90 Å². The van der Waals surface area contributed by atoms with Gasteiger partial charge >= 0.3 is 5.97 Å². The van der Waals surface area contributed by atoms with Crippen LogP contribution in [0.2, 0.25) is 0 Å². The zero-order chi connectivity index (χ0) is 15.1. The molecule has 2 unspecified atom stereocenters. The number of aliphatic hydroxyl groups is 1. The van der Waals surface area contributed by atoms with Crippen LogP contribution in [-0.4, -0.2) is 55.1 Å². The van der Waals surface area contributed by atoms with Gasteiger partial charge in [-0.25, -0.2) is 9.78 Å². The number of hydrogen-bond acceptors (Lipinski definition) is 4. The number of carboxylic acids is 1. The second-order valence-corrected chi connectivity index (χ2v) is 5.22. The van der Waals surface area contributed by atoms with Gasteiger partial charge in [-0.3, -0.25) is 4.79 Å². The van der Waals surface area contributed by atoms with Gasteiger partial charge in [0.05, 0.1) is 6.10 Å². The molecular weight excluding hydrogens is 274 g/mol. The van der Waals surface area contributed by atoms with Gasteiger partial charge in [0.15, 0.2) is 0 Å². The smallest absolute Gasteiger partial charge is 0.326 e. The number of likely N-dealkylation sites (tertiary alicyclic amines) is 1. The second kappa shape index (κ2) is 4.85. The Kier molecular flexibility index (Phi) is 3.13. The van der Waals surface area contributed by atoms with E-state index in [0.717, 1.165) is 5.69 Å². The molecule has 0 spiro atoms. The van der Waals surface area contributed by atoms with Crippen LogP contribution in [0, 0.1) is 6.92 Å². The van der Waals surface area contributed by atoms with E-state index in [9.17, 15) is 14.7 Å². The summed E-state index contributed by atoms with van der Waals surface area (Å²) in [7, 11) is 0. The Hall–Kier alpha value is -2.41. The first-order chi connectivity index (χ1) is 9.97. The molecule has 1 amide bonds. The molecule has 0 bridgehead atoms. The fourth-order valence-electron chi connectivity index (χ4n) is 2.67. The number of aliphatic carboxylic acids is 1. The summed E-state index contributed by atoms with van der Waals surface area (Å²) in [6.45, 7) is 1.91. The molecule has 2 aromatic rings. The molecular formula is C14H15N3O4. The number of fused-ring (bicyclic) bond motifs is 1. The Bertz CT molecular complexity index is 724. The monoisotopic (exact) mass is 289 g/mol. The van der Waals surface area contributed by atoms with Crippen molar-refractivity contribution in [2.24, 2.45) is 0 Å². The van der Waals surface area contributed by atoms with Crippen molar-refractivity contribution >= 4 is 17.5 Å². The molecule has 1 fully saturated rings. The maximum absolute atomic E-state index is 12.5. The molecule has 3 rings (SSSR count). The number of amides is 1. The third-order valence-corrected chi connectivity index (χ3v) is 3.74. The average molecular weight is 289 g/mol. The molecule has 1 aliphatic heterocycles. The summed E-state index contributed by atoms with van der Waals surface area (Å²) < 4.78 is 1.77. The average Bonchev–Trinajstić information content (AvgIpc) is 3.02. The van der Waals surface area contributed by atoms with E-state index in [-0.39, 0.29) is 18.7 Å². The van der Waals surface area contributed by atoms with Gasteiger partial charge in [0.1, 0.15) is 17.4 Å². The summed E-state index contributed by atoms with van der Waals surface area (Å²) in [5.74, 6) is -1.58. The third kappa shape index (κ3) is 2.25. The molecule has 0 aromatic carbocycles. The molecule has 110 valence electrons. The van der Waals surface area contributed by atoms with Crippen LogP contribution in [0.3, 0.4) is 0 Å². The van der Waals surface area contributed by atoms with Crippen LogP contribution in [0.5, 0.6) is 0 Å². The van der Waals surface area contributed by atoms with Crippen molar-refractivity contribution < 1.29 is 19.8 Å². The van der Waals surface area contributed by atoms with E-state index in [1.54, 1.807) is 16.7 Å². The van der Waals surface area contributed by atoms with Gasteiger partial charge in [0.25, 0.3) is 5.91 Å². The minimum Gasteiger partial charge on any atom is -0.480 e. The summed E-state index contributed by atoms with van der Waals surface area (Å²) in [5, 5.41) is 18.8. The van der Waals surface area contributed by atoms with E-state index < -0.39 is 24.0 Å². The highest BCUT2D eigenvalue weighted by Gasteiger charge is 2.39. The fourth-order valence-corrected chi connectivity index (χ4v) is 2.67. The van der Waals surface area contributed by atoms with Crippen LogP contribution in [0.15, 0.2) is 24.4 Å². The number of carboxylic acid groups (broad SMARTS) is 1. The number of nitrogens with zero attached hydrogens (tertiary/aromatic N) is 3. The Morgan fingerprint density at radius 1 is 1.38 bits per heavy atom. The Balaban J connectivity index is 1.96. The lowest BCUT2D eigenvalue weighted by Crippen LogP contribution is -2.40. The number of aromatic nitrogens is 2. The number of carbonyl (C=O) groups is 2. The lowest BCUT2D eigenvalue weighted by molar-refractivity contribution is -0.141. The molecule has 0 radical (unpaired) electrons. The largest absolute Gasteiger partial charge is 0.480 e. The van der Waals surface area contributed by atoms with E-state index in [2.05, 4.69) is 4.98 Å². The Morgan fingerprint density at radius 2 is 2.14 bits per heavy atom. The molecule has 1 saturated heterocycles. The van der Waals surface area contributed by atoms with Crippen LogP contribution < -0.4 is 0 Å². The SMILES string of the molecule is Cc1cccc2nc(C(=O)N3CC(O)CC3C(=O)O)cn12. The number of pyridine rings is 1. The lowest BCUT2D eigenvalue weighted by Gasteiger charge is -2.19. The maximum Gasteiger partial charge on any atom is 0.326 e. The summed E-state index contributed by atoms with van der Waals surface area (Å²) in [6.07, 6.45) is 0.832. The minimum atomic E-state index is -1.11. The topological polar surface area (TPSA) is 95.1 Å². The van der Waals surface area contributed by atoms with Crippen molar-refractivity contribution in [2.45, 2.75) is 25.5 Å². The van der Waals surface area contributed by atoms with Gasteiger partial charge in [-0.2, -0.15) is 0 Å². The summed E-state index contributed by atoms with van der Waals surface area (Å²) in [5.41, 5.74) is 1.74. The molecule has 0 saturated carbocycles. The van der Waals surface area contributed by atoms with Crippen LogP contribution in [0.4, 0.5) is 0 Å². The molecule has 21 heavy (non-hydrogen) atoms. The first-order valence-electron chi connectivity index (χ1n) is 6.64. The molecule has 2 atom stereocenters. The van der Waals surface area contributed by atoms with Gasteiger partial charge in [-0.05, 0) is 19.1 Å². The number of carbonyl (C=O) groups excluding carboxylic acids is 1. The standard InChI is InChI=1S/C14H15N3O4/c1-8-3-2-4-12-15-10(7-16(8)12)13(19)17-6-9(18)5-11(17)14(20)21/h2-4,7,9,11,18H,5-6H2,1H3,(H,20,21). The zero-order valence-electron chi connectivity index (χ0n) is 11.4. The lowest BCUT2D eigenvalue weighted by atomic mass is 10.2. The summed E-state index contributed by atoms with van der Waals surface area (Å²) in [6, 6.07) is 4.50. The van der Waals surface area contributed by atoms with E-state index in [0.29, 0.717) is 5.65 Å². The second-order valence-electron chi connectivity index (χ2n) is 5.22. The first kappa shape index (κ1) is 13.6. The normalized spacial score (nSPS) is 21.9. The summed E-state index contributed by atoms with van der Waals surface area (Å²) >= 11 is 0. The van der Waals surface area contributed by atoms with Crippen molar-refractivity contribution in [2.75, 3.05) is 6.54 Å². The highest BCUT2D eigenvalue weighted by molar-refractivity contribution is 5.96. The predicted molar refractivity (Wildman–Crippen MR) is 73.0 cm³/mol.